The van der Waals surface area contributed by atoms with Crippen molar-refractivity contribution in [1.29, 1.82) is 0 Å². The normalized spacial score (nSPS) is 18.5. The van der Waals surface area contributed by atoms with Gasteiger partial charge < -0.3 is 25.6 Å². The number of primary amides is 1. The lowest BCUT2D eigenvalue weighted by Crippen LogP contribution is -2.41. The van der Waals surface area contributed by atoms with Gasteiger partial charge in [-0.1, -0.05) is 55.0 Å². The zero-order valence-electron chi connectivity index (χ0n) is 24.1. The number of benzene rings is 2. The number of carbonyl (C=O) groups excluding carboxylic acids is 3. The molecule has 2 aliphatic heterocycles. The lowest BCUT2D eigenvalue weighted by molar-refractivity contribution is -0.123. The summed E-state index contributed by atoms with van der Waals surface area (Å²) in [7, 11) is 0. The van der Waals surface area contributed by atoms with Gasteiger partial charge in [0.25, 0.3) is 0 Å². The molecule has 9 nitrogen and oxygen atoms in total. The Balaban J connectivity index is 1.05. The lowest BCUT2D eigenvalue weighted by Gasteiger charge is -2.31. The van der Waals surface area contributed by atoms with Crippen LogP contribution in [0.2, 0.25) is 0 Å². The molecule has 2 fully saturated rings. The van der Waals surface area contributed by atoms with Crippen LogP contribution in [0.5, 0.6) is 0 Å². The van der Waals surface area contributed by atoms with Gasteiger partial charge in [0.05, 0.1) is 11.6 Å². The molecular formula is C32H45N5O4. The molecule has 2 heterocycles. The summed E-state index contributed by atoms with van der Waals surface area (Å²) in [5.41, 5.74) is 8.18. The fraction of sp³-hybridized carbons (Fsp3) is 0.531. The molecule has 4 rings (SSSR count). The summed E-state index contributed by atoms with van der Waals surface area (Å²) in [5, 5.41) is 5.95. The van der Waals surface area contributed by atoms with Crippen molar-refractivity contribution < 1.29 is 19.1 Å². The maximum Gasteiger partial charge on any atom is 0.411 e. The second-order valence-corrected chi connectivity index (χ2v) is 11.2. The minimum Gasteiger partial charge on any atom is -0.446 e. The zero-order chi connectivity index (χ0) is 28.9. The van der Waals surface area contributed by atoms with Crippen molar-refractivity contribution >= 4 is 23.6 Å². The number of nitrogens with two attached hydrogens (primary N) is 1. The Bertz CT molecular complexity index is 1120. The largest absolute Gasteiger partial charge is 0.446 e. The van der Waals surface area contributed by atoms with Crippen LogP contribution in [0.4, 0.5) is 10.5 Å². The highest BCUT2D eigenvalue weighted by Crippen LogP contribution is 2.28. The van der Waals surface area contributed by atoms with Crippen LogP contribution in [0.1, 0.15) is 51.4 Å². The summed E-state index contributed by atoms with van der Waals surface area (Å²) in [5.74, 6) is -0.103. The second kappa shape index (κ2) is 16.1. The summed E-state index contributed by atoms with van der Waals surface area (Å²) in [6, 6.07) is 17.7. The molecule has 0 aliphatic carbocycles. The molecule has 0 bridgehead atoms. The molecule has 4 N–H and O–H groups in total. The summed E-state index contributed by atoms with van der Waals surface area (Å²) < 4.78 is 5.72. The van der Waals surface area contributed by atoms with Gasteiger partial charge in [-0.05, 0) is 63.2 Å². The van der Waals surface area contributed by atoms with Crippen LogP contribution >= 0.6 is 0 Å². The minimum absolute atomic E-state index is 0.00538. The van der Waals surface area contributed by atoms with Gasteiger partial charge in [0.2, 0.25) is 11.8 Å². The van der Waals surface area contributed by atoms with Crippen LogP contribution in [0, 0.1) is 5.92 Å². The number of unbranched alkanes of at least 4 members (excludes halogenated alkanes) is 2. The van der Waals surface area contributed by atoms with Gasteiger partial charge in [0.1, 0.15) is 6.10 Å². The standard InChI is InChI=1S/C32H45N5O4/c33-31(39)26-12-9-20-37(24-26)19-8-2-7-18-34-30(38)17-23-36-21-15-27(16-22-36)41-32(40)35-29-14-6-5-13-28(29)25-10-3-1-4-11-25/h1,3-6,10-11,13-14,26-27H,2,7-9,12,15-24H2,(H2,33,39)(H,34,38)(H,35,40). The number of likely N-dealkylation sites (tertiary alicyclic amines) is 2. The quantitative estimate of drug-likeness (QED) is 0.314. The Morgan fingerprint density at radius 1 is 0.854 bits per heavy atom. The fourth-order valence-corrected chi connectivity index (χ4v) is 5.71. The van der Waals surface area contributed by atoms with E-state index in [1.807, 2.05) is 54.6 Å². The number of hydrogen-bond donors (Lipinski definition) is 3. The van der Waals surface area contributed by atoms with E-state index < -0.39 is 6.09 Å². The molecule has 0 radical (unpaired) electrons. The predicted molar refractivity (Wildman–Crippen MR) is 161 cm³/mol. The molecule has 1 unspecified atom stereocenters. The average Bonchev–Trinajstić information content (AvgIpc) is 2.99. The van der Waals surface area contributed by atoms with Crippen molar-refractivity contribution in [1.82, 2.24) is 15.1 Å². The first-order chi connectivity index (χ1) is 20.0. The number of anilines is 1. The van der Waals surface area contributed by atoms with Crippen molar-refractivity contribution in [3.63, 3.8) is 0 Å². The van der Waals surface area contributed by atoms with Crippen LogP contribution in [0.15, 0.2) is 54.6 Å². The maximum atomic E-state index is 12.6. The van der Waals surface area contributed by atoms with Crippen LogP contribution < -0.4 is 16.4 Å². The first-order valence-electron chi connectivity index (χ1n) is 15.1. The molecule has 0 spiro atoms. The fourth-order valence-electron chi connectivity index (χ4n) is 5.71. The molecule has 1 atom stereocenters. The molecule has 9 heteroatoms. The number of amides is 3. The van der Waals surface area contributed by atoms with E-state index in [9.17, 15) is 14.4 Å². The molecule has 222 valence electrons. The monoisotopic (exact) mass is 563 g/mol. The summed E-state index contributed by atoms with van der Waals surface area (Å²) in [6.07, 6.45) is 6.45. The zero-order valence-corrected chi connectivity index (χ0v) is 24.1. The number of para-hydroxylation sites is 1. The first-order valence-corrected chi connectivity index (χ1v) is 15.1. The predicted octanol–water partition coefficient (Wildman–Crippen LogP) is 4.24. The van der Waals surface area contributed by atoms with E-state index in [-0.39, 0.29) is 23.8 Å². The highest BCUT2D eigenvalue weighted by molar-refractivity contribution is 5.91. The van der Waals surface area contributed by atoms with E-state index >= 15 is 0 Å². The van der Waals surface area contributed by atoms with Crippen molar-refractivity contribution in [2.75, 3.05) is 51.1 Å². The van der Waals surface area contributed by atoms with E-state index in [2.05, 4.69) is 20.4 Å². The molecule has 41 heavy (non-hydrogen) atoms. The number of nitrogens with one attached hydrogen (secondary N) is 2. The highest BCUT2D eigenvalue weighted by atomic mass is 16.6. The van der Waals surface area contributed by atoms with Crippen LogP contribution in [-0.4, -0.2) is 79.6 Å². The van der Waals surface area contributed by atoms with E-state index in [1.54, 1.807) is 0 Å². The Morgan fingerprint density at radius 2 is 1.61 bits per heavy atom. The number of rotatable bonds is 13. The van der Waals surface area contributed by atoms with E-state index in [1.165, 1.54) is 0 Å². The average molecular weight is 564 g/mol. The molecule has 2 aromatic carbocycles. The Morgan fingerprint density at radius 3 is 2.39 bits per heavy atom. The molecule has 3 amide bonds. The van der Waals surface area contributed by atoms with Gasteiger partial charge in [0, 0.05) is 44.7 Å². The number of piperidine rings is 2. The molecule has 0 aromatic heterocycles. The number of hydrogen-bond acceptors (Lipinski definition) is 6. The number of ether oxygens (including phenoxy) is 1. The van der Waals surface area contributed by atoms with Crippen molar-refractivity contribution in [2.45, 2.75) is 57.5 Å². The number of carbonyl (C=O) groups is 3. The summed E-state index contributed by atoms with van der Waals surface area (Å²) in [4.78, 5) is 41.0. The van der Waals surface area contributed by atoms with Gasteiger partial charge in [-0.3, -0.25) is 14.9 Å². The van der Waals surface area contributed by atoms with Gasteiger partial charge >= 0.3 is 6.09 Å². The Hall–Kier alpha value is -3.43. The van der Waals surface area contributed by atoms with Crippen LogP contribution in [0.25, 0.3) is 11.1 Å². The minimum atomic E-state index is -0.433. The van der Waals surface area contributed by atoms with Crippen molar-refractivity contribution in [2.24, 2.45) is 11.7 Å². The third-order valence-corrected chi connectivity index (χ3v) is 8.09. The highest BCUT2D eigenvalue weighted by Gasteiger charge is 2.24. The topological polar surface area (TPSA) is 117 Å². The van der Waals surface area contributed by atoms with Gasteiger partial charge in [-0.2, -0.15) is 0 Å². The van der Waals surface area contributed by atoms with Crippen LogP contribution in [-0.2, 0) is 14.3 Å². The third-order valence-electron chi connectivity index (χ3n) is 8.09. The van der Waals surface area contributed by atoms with E-state index in [0.29, 0.717) is 19.5 Å². The SMILES string of the molecule is NC(=O)C1CCCN(CCCCCNC(=O)CCN2CCC(OC(=O)Nc3ccccc3-c3ccccc3)CC2)C1. The Labute approximate surface area is 243 Å². The van der Waals surface area contributed by atoms with Gasteiger partial charge in [0.15, 0.2) is 0 Å². The van der Waals surface area contributed by atoms with E-state index in [4.69, 9.17) is 10.5 Å². The summed E-state index contributed by atoms with van der Waals surface area (Å²) in [6.45, 7) is 5.83. The molecule has 2 saturated heterocycles. The summed E-state index contributed by atoms with van der Waals surface area (Å²) >= 11 is 0. The second-order valence-electron chi connectivity index (χ2n) is 11.2. The maximum absolute atomic E-state index is 12.6. The smallest absolute Gasteiger partial charge is 0.411 e. The van der Waals surface area contributed by atoms with Crippen molar-refractivity contribution in [3.8, 4) is 11.1 Å². The molecule has 2 aromatic rings. The van der Waals surface area contributed by atoms with E-state index in [0.717, 1.165) is 94.5 Å². The first kappa shape index (κ1) is 30.5. The molecule has 0 saturated carbocycles. The third kappa shape index (κ3) is 10.2. The molecule has 2 aliphatic rings. The van der Waals surface area contributed by atoms with Gasteiger partial charge in [-0.25, -0.2) is 4.79 Å². The Kier molecular flexibility index (Phi) is 12.0. The van der Waals surface area contributed by atoms with Gasteiger partial charge in [-0.15, -0.1) is 0 Å². The molecular weight excluding hydrogens is 518 g/mol. The van der Waals surface area contributed by atoms with Crippen molar-refractivity contribution in [3.05, 3.63) is 54.6 Å². The lowest BCUT2D eigenvalue weighted by atomic mass is 9.97. The number of nitrogens with zero attached hydrogens (tertiary/aromatic N) is 2. The van der Waals surface area contributed by atoms with Crippen LogP contribution in [0.3, 0.4) is 0 Å².